The zero-order chi connectivity index (χ0) is 13.8. The molecule has 0 fully saturated rings. The lowest BCUT2D eigenvalue weighted by atomic mass is 10.2. The molecule has 20 heavy (non-hydrogen) atoms. The van der Waals surface area contributed by atoms with Gasteiger partial charge in [-0.2, -0.15) is 5.10 Å². The van der Waals surface area contributed by atoms with E-state index in [1.54, 1.807) is 29.2 Å². The van der Waals surface area contributed by atoms with Crippen molar-refractivity contribution in [2.24, 2.45) is 0 Å². The van der Waals surface area contributed by atoms with Gasteiger partial charge in [0.25, 0.3) is 0 Å². The molecule has 100 valence electrons. The first kappa shape index (κ1) is 12.3. The molecule has 0 unspecified atom stereocenters. The van der Waals surface area contributed by atoms with Gasteiger partial charge in [0.05, 0.1) is 5.69 Å². The van der Waals surface area contributed by atoms with E-state index in [0.717, 1.165) is 17.1 Å². The number of halogens is 1. The van der Waals surface area contributed by atoms with Gasteiger partial charge in [-0.05, 0) is 35.9 Å². The molecule has 0 aliphatic heterocycles. The summed E-state index contributed by atoms with van der Waals surface area (Å²) in [5, 5.41) is 7.47. The molecule has 0 aliphatic rings. The van der Waals surface area contributed by atoms with Gasteiger partial charge >= 0.3 is 0 Å². The Bertz CT molecular complexity index is 677. The maximum absolute atomic E-state index is 12.9. The van der Waals surface area contributed by atoms with Crippen LogP contribution >= 0.6 is 0 Å². The Hall–Kier alpha value is -2.69. The highest BCUT2D eigenvalue weighted by molar-refractivity contribution is 5.56. The zero-order valence-corrected chi connectivity index (χ0v) is 10.7. The second-order valence-electron chi connectivity index (χ2n) is 4.31. The van der Waals surface area contributed by atoms with E-state index in [0.29, 0.717) is 6.54 Å². The number of rotatable bonds is 4. The highest BCUT2D eigenvalue weighted by Gasteiger charge is 2.05. The highest BCUT2D eigenvalue weighted by Crippen LogP contribution is 2.17. The predicted octanol–water partition coefficient (Wildman–Crippen LogP) is 3.02. The summed E-state index contributed by atoms with van der Waals surface area (Å²) >= 11 is 0. The average molecular weight is 268 g/mol. The summed E-state index contributed by atoms with van der Waals surface area (Å²) in [6.07, 6.45) is 5.27. The lowest BCUT2D eigenvalue weighted by molar-refractivity contribution is 0.627. The van der Waals surface area contributed by atoms with Crippen LogP contribution in [0.2, 0.25) is 0 Å². The summed E-state index contributed by atoms with van der Waals surface area (Å²) in [5.41, 5.74) is 1.88. The van der Waals surface area contributed by atoms with Crippen molar-refractivity contribution in [3.05, 3.63) is 72.4 Å². The fraction of sp³-hybridized carbons (Fsp3) is 0.0667. The van der Waals surface area contributed by atoms with Crippen LogP contribution in [0.1, 0.15) is 5.56 Å². The third kappa shape index (κ3) is 2.66. The minimum absolute atomic E-state index is 0.229. The Morgan fingerprint density at radius 1 is 1.05 bits per heavy atom. The zero-order valence-electron chi connectivity index (χ0n) is 10.7. The van der Waals surface area contributed by atoms with Gasteiger partial charge in [0.2, 0.25) is 0 Å². The van der Waals surface area contributed by atoms with Crippen molar-refractivity contribution < 1.29 is 4.39 Å². The first-order valence-electron chi connectivity index (χ1n) is 6.26. The predicted molar refractivity (Wildman–Crippen MR) is 75.1 cm³/mol. The van der Waals surface area contributed by atoms with Crippen LogP contribution in [0.4, 0.5) is 10.1 Å². The van der Waals surface area contributed by atoms with E-state index in [1.165, 1.54) is 12.1 Å². The molecule has 1 aromatic carbocycles. The second-order valence-corrected chi connectivity index (χ2v) is 4.31. The van der Waals surface area contributed by atoms with Crippen molar-refractivity contribution >= 4 is 5.69 Å². The smallest absolute Gasteiger partial charge is 0.176 e. The molecule has 0 saturated heterocycles. The van der Waals surface area contributed by atoms with Crippen LogP contribution < -0.4 is 5.32 Å². The third-order valence-electron chi connectivity index (χ3n) is 2.90. The Morgan fingerprint density at radius 2 is 1.90 bits per heavy atom. The lowest BCUT2D eigenvalue weighted by Gasteiger charge is -2.11. The summed E-state index contributed by atoms with van der Waals surface area (Å²) in [5.74, 6) is 0.506. The first-order chi connectivity index (χ1) is 9.83. The number of hydrogen-bond acceptors (Lipinski definition) is 3. The Labute approximate surface area is 115 Å². The number of benzene rings is 1. The first-order valence-corrected chi connectivity index (χ1v) is 6.26. The quantitative estimate of drug-likeness (QED) is 0.791. The molecule has 0 amide bonds. The minimum Gasteiger partial charge on any atom is -0.378 e. The summed E-state index contributed by atoms with van der Waals surface area (Å²) < 4.78 is 14.6. The normalized spacial score (nSPS) is 10.4. The summed E-state index contributed by atoms with van der Waals surface area (Å²) in [6.45, 7) is 0.597. The number of nitrogens with one attached hydrogen (secondary N) is 1. The van der Waals surface area contributed by atoms with Gasteiger partial charge in [0.15, 0.2) is 5.82 Å². The molecule has 0 atom stereocenters. The topological polar surface area (TPSA) is 42.7 Å². The van der Waals surface area contributed by atoms with E-state index in [2.05, 4.69) is 15.4 Å². The van der Waals surface area contributed by atoms with E-state index in [9.17, 15) is 4.39 Å². The van der Waals surface area contributed by atoms with Crippen molar-refractivity contribution in [3.63, 3.8) is 0 Å². The molecule has 0 bridgehead atoms. The van der Waals surface area contributed by atoms with E-state index in [-0.39, 0.29) is 5.82 Å². The summed E-state index contributed by atoms with van der Waals surface area (Å²) in [7, 11) is 0. The molecule has 3 aromatic rings. The van der Waals surface area contributed by atoms with Crippen molar-refractivity contribution in [1.82, 2.24) is 14.8 Å². The number of anilines is 1. The van der Waals surface area contributed by atoms with Crippen LogP contribution in [-0.2, 0) is 6.54 Å². The molecule has 4 nitrogen and oxygen atoms in total. The molecule has 1 N–H and O–H groups in total. The fourth-order valence-corrected chi connectivity index (χ4v) is 1.91. The van der Waals surface area contributed by atoms with Gasteiger partial charge in [0, 0.05) is 25.1 Å². The maximum Gasteiger partial charge on any atom is 0.176 e. The Morgan fingerprint density at radius 3 is 2.65 bits per heavy atom. The molecular formula is C15H13FN4. The largest absolute Gasteiger partial charge is 0.378 e. The number of aromatic nitrogens is 3. The number of hydrogen-bond donors (Lipinski definition) is 1. The van der Waals surface area contributed by atoms with Crippen molar-refractivity contribution in [1.29, 1.82) is 0 Å². The maximum atomic E-state index is 12.9. The molecule has 2 aromatic heterocycles. The second kappa shape index (κ2) is 5.52. The van der Waals surface area contributed by atoms with Crippen LogP contribution in [0, 0.1) is 5.82 Å². The molecule has 0 saturated carbocycles. The van der Waals surface area contributed by atoms with Crippen LogP contribution in [-0.4, -0.2) is 14.8 Å². The van der Waals surface area contributed by atoms with E-state index >= 15 is 0 Å². The molecule has 5 heteroatoms. The standard InChI is InChI=1S/C15H13FN4/c16-13-6-4-12(5-7-13)11-18-14-3-1-8-17-15(14)20-10-2-9-19-20/h1-10,18H,11H2. The summed E-state index contributed by atoms with van der Waals surface area (Å²) in [4.78, 5) is 4.33. The van der Waals surface area contributed by atoms with Gasteiger partial charge in [-0.1, -0.05) is 12.1 Å². The highest BCUT2D eigenvalue weighted by atomic mass is 19.1. The third-order valence-corrected chi connectivity index (χ3v) is 2.90. The van der Waals surface area contributed by atoms with Gasteiger partial charge in [0.1, 0.15) is 5.82 Å². The molecular weight excluding hydrogens is 255 g/mol. The molecule has 2 heterocycles. The van der Waals surface area contributed by atoms with Crippen molar-refractivity contribution in [3.8, 4) is 5.82 Å². The number of nitrogens with zero attached hydrogens (tertiary/aromatic N) is 3. The SMILES string of the molecule is Fc1ccc(CNc2cccnc2-n2cccn2)cc1. The minimum atomic E-state index is -0.229. The van der Waals surface area contributed by atoms with Gasteiger partial charge in [-0.3, -0.25) is 0 Å². The van der Waals surface area contributed by atoms with E-state index in [1.807, 2.05) is 24.4 Å². The lowest BCUT2D eigenvalue weighted by Crippen LogP contribution is -2.06. The van der Waals surface area contributed by atoms with Crippen LogP contribution in [0.3, 0.4) is 0 Å². The molecule has 0 radical (unpaired) electrons. The Balaban J connectivity index is 1.79. The molecule has 0 aliphatic carbocycles. The van der Waals surface area contributed by atoms with Crippen LogP contribution in [0.5, 0.6) is 0 Å². The van der Waals surface area contributed by atoms with Crippen LogP contribution in [0.25, 0.3) is 5.82 Å². The molecule has 0 spiro atoms. The summed E-state index contributed by atoms with van der Waals surface area (Å²) in [6, 6.07) is 12.1. The van der Waals surface area contributed by atoms with E-state index < -0.39 is 0 Å². The fourth-order valence-electron chi connectivity index (χ4n) is 1.91. The monoisotopic (exact) mass is 268 g/mol. The van der Waals surface area contributed by atoms with Gasteiger partial charge < -0.3 is 5.32 Å². The average Bonchev–Trinajstić information content (AvgIpc) is 3.01. The van der Waals surface area contributed by atoms with Crippen LogP contribution in [0.15, 0.2) is 61.1 Å². The van der Waals surface area contributed by atoms with Crippen molar-refractivity contribution in [2.75, 3.05) is 5.32 Å². The van der Waals surface area contributed by atoms with Crippen molar-refractivity contribution in [2.45, 2.75) is 6.54 Å². The molecule has 3 rings (SSSR count). The number of pyridine rings is 1. The van der Waals surface area contributed by atoms with Gasteiger partial charge in [-0.25, -0.2) is 14.1 Å². The van der Waals surface area contributed by atoms with E-state index in [4.69, 9.17) is 0 Å². The van der Waals surface area contributed by atoms with Gasteiger partial charge in [-0.15, -0.1) is 0 Å². The Kier molecular flexibility index (Phi) is 3.41.